The average molecular weight is 251 g/mol. The van der Waals surface area contributed by atoms with Crippen molar-refractivity contribution < 1.29 is 0 Å². The van der Waals surface area contributed by atoms with Gasteiger partial charge in [0.2, 0.25) is 0 Å². The van der Waals surface area contributed by atoms with Gasteiger partial charge in [-0.3, -0.25) is 4.68 Å². The van der Waals surface area contributed by atoms with Crippen LogP contribution in [0.4, 0.5) is 0 Å². The third-order valence-electron chi connectivity index (χ3n) is 3.70. The molecule has 1 rings (SSSR count). The standard InChI is InChI=1S/C15H29N3/c1-7-9-10-11(3)16-12(4)15-13(5)17-18(8-2)14(15)6/h11-12,16H,7-10H2,1-6H3. The van der Waals surface area contributed by atoms with E-state index in [2.05, 4.69) is 56.6 Å². The molecule has 2 unspecified atom stereocenters. The van der Waals surface area contributed by atoms with Gasteiger partial charge in [0.15, 0.2) is 0 Å². The minimum Gasteiger partial charge on any atom is -0.308 e. The van der Waals surface area contributed by atoms with Gasteiger partial charge in [0, 0.05) is 29.9 Å². The second kappa shape index (κ2) is 6.93. The molecular formula is C15H29N3. The second-order valence-corrected chi connectivity index (χ2v) is 5.33. The molecule has 1 aromatic rings. The third kappa shape index (κ3) is 3.58. The summed E-state index contributed by atoms with van der Waals surface area (Å²) in [6.45, 7) is 14.2. The van der Waals surface area contributed by atoms with Crippen molar-refractivity contribution in [1.82, 2.24) is 15.1 Å². The molecule has 1 heterocycles. The smallest absolute Gasteiger partial charge is 0.0644 e. The van der Waals surface area contributed by atoms with Crippen LogP contribution in [0.2, 0.25) is 0 Å². The maximum Gasteiger partial charge on any atom is 0.0644 e. The fraction of sp³-hybridized carbons (Fsp3) is 0.800. The Hall–Kier alpha value is -0.830. The van der Waals surface area contributed by atoms with E-state index in [-0.39, 0.29) is 0 Å². The summed E-state index contributed by atoms with van der Waals surface area (Å²) in [7, 11) is 0. The lowest BCUT2D eigenvalue weighted by Crippen LogP contribution is -2.29. The Morgan fingerprint density at radius 3 is 2.39 bits per heavy atom. The molecule has 0 aliphatic heterocycles. The summed E-state index contributed by atoms with van der Waals surface area (Å²) in [6, 6.07) is 0.959. The van der Waals surface area contributed by atoms with Crippen LogP contribution in [0.15, 0.2) is 0 Å². The van der Waals surface area contributed by atoms with Gasteiger partial charge in [-0.2, -0.15) is 5.10 Å². The normalized spacial score (nSPS) is 14.8. The van der Waals surface area contributed by atoms with E-state index in [0.717, 1.165) is 12.2 Å². The number of aromatic nitrogens is 2. The predicted molar refractivity (Wildman–Crippen MR) is 77.9 cm³/mol. The second-order valence-electron chi connectivity index (χ2n) is 5.33. The highest BCUT2D eigenvalue weighted by Gasteiger charge is 2.18. The van der Waals surface area contributed by atoms with Crippen molar-refractivity contribution >= 4 is 0 Å². The summed E-state index contributed by atoms with van der Waals surface area (Å²) in [5.41, 5.74) is 3.84. The van der Waals surface area contributed by atoms with Gasteiger partial charge in [0.1, 0.15) is 0 Å². The van der Waals surface area contributed by atoms with Crippen LogP contribution in [-0.4, -0.2) is 15.8 Å². The molecule has 0 aliphatic carbocycles. The van der Waals surface area contributed by atoms with Gasteiger partial charge in [-0.05, 0) is 41.0 Å². The molecule has 0 fully saturated rings. The van der Waals surface area contributed by atoms with E-state index in [1.807, 2.05) is 0 Å². The molecule has 2 atom stereocenters. The zero-order valence-corrected chi connectivity index (χ0v) is 12.9. The van der Waals surface area contributed by atoms with Gasteiger partial charge in [-0.1, -0.05) is 19.8 Å². The number of hydrogen-bond donors (Lipinski definition) is 1. The van der Waals surface area contributed by atoms with E-state index >= 15 is 0 Å². The van der Waals surface area contributed by atoms with Crippen LogP contribution in [0.5, 0.6) is 0 Å². The Morgan fingerprint density at radius 2 is 1.89 bits per heavy atom. The Morgan fingerprint density at radius 1 is 1.22 bits per heavy atom. The number of aryl methyl sites for hydroxylation is 2. The Bertz CT molecular complexity index is 368. The van der Waals surface area contributed by atoms with Crippen molar-refractivity contribution in [3.8, 4) is 0 Å². The Kier molecular flexibility index (Phi) is 5.86. The maximum atomic E-state index is 4.60. The van der Waals surface area contributed by atoms with Crippen molar-refractivity contribution in [3.63, 3.8) is 0 Å². The van der Waals surface area contributed by atoms with E-state index in [0.29, 0.717) is 12.1 Å². The average Bonchev–Trinajstić information content (AvgIpc) is 2.61. The van der Waals surface area contributed by atoms with Gasteiger partial charge >= 0.3 is 0 Å². The molecule has 0 saturated heterocycles. The highest BCUT2D eigenvalue weighted by atomic mass is 15.3. The van der Waals surface area contributed by atoms with Gasteiger partial charge in [0.05, 0.1) is 5.69 Å². The van der Waals surface area contributed by atoms with Crippen molar-refractivity contribution in [2.75, 3.05) is 0 Å². The first kappa shape index (κ1) is 15.2. The number of nitrogens with zero attached hydrogens (tertiary/aromatic N) is 2. The number of rotatable bonds is 7. The van der Waals surface area contributed by atoms with Crippen LogP contribution in [-0.2, 0) is 6.54 Å². The van der Waals surface area contributed by atoms with E-state index in [9.17, 15) is 0 Å². The lowest BCUT2D eigenvalue weighted by Gasteiger charge is -2.20. The summed E-state index contributed by atoms with van der Waals surface area (Å²) in [5, 5.41) is 8.29. The van der Waals surface area contributed by atoms with Gasteiger partial charge in [0.25, 0.3) is 0 Å². The molecule has 0 saturated carbocycles. The lowest BCUT2D eigenvalue weighted by atomic mass is 10.0. The zero-order chi connectivity index (χ0) is 13.7. The minimum absolute atomic E-state index is 0.386. The summed E-state index contributed by atoms with van der Waals surface area (Å²) in [6.07, 6.45) is 3.82. The summed E-state index contributed by atoms with van der Waals surface area (Å²) in [5.74, 6) is 0. The van der Waals surface area contributed by atoms with Crippen molar-refractivity contribution in [2.24, 2.45) is 0 Å². The minimum atomic E-state index is 0.386. The van der Waals surface area contributed by atoms with Gasteiger partial charge in [-0.25, -0.2) is 0 Å². The molecule has 3 heteroatoms. The first-order chi connectivity index (χ1) is 8.51. The largest absolute Gasteiger partial charge is 0.308 e. The van der Waals surface area contributed by atoms with E-state index in [4.69, 9.17) is 0 Å². The highest BCUT2D eigenvalue weighted by molar-refractivity contribution is 5.27. The summed E-state index contributed by atoms with van der Waals surface area (Å²) >= 11 is 0. The molecule has 3 nitrogen and oxygen atoms in total. The maximum absolute atomic E-state index is 4.60. The molecule has 0 amide bonds. The van der Waals surface area contributed by atoms with Crippen LogP contribution in [0.3, 0.4) is 0 Å². The highest BCUT2D eigenvalue weighted by Crippen LogP contribution is 2.22. The van der Waals surface area contributed by atoms with E-state index in [1.54, 1.807) is 0 Å². The topological polar surface area (TPSA) is 29.9 Å². The summed E-state index contributed by atoms with van der Waals surface area (Å²) in [4.78, 5) is 0. The first-order valence-electron chi connectivity index (χ1n) is 7.31. The van der Waals surface area contributed by atoms with Crippen LogP contribution >= 0.6 is 0 Å². The fourth-order valence-electron chi connectivity index (χ4n) is 2.75. The van der Waals surface area contributed by atoms with Crippen LogP contribution in [0.25, 0.3) is 0 Å². The van der Waals surface area contributed by atoms with E-state index < -0.39 is 0 Å². The predicted octanol–water partition coefficient (Wildman–Crippen LogP) is 3.75. The van der Waals surface area contributed by atoms with Crippen molar-refractivity contribution in [3.05, 3.63) is 17.0 Å². The molecule has 1 N–H and O–H groups in total. The van der Waals surface area contributed by atoms with Crippen molar-refractivity contribution in [2.45, 2.75) is 79.4 Å². The first-order valence-corrected chi connectivity index (χ1v) is 7.31. The SMILES string of the molecule is CCCCC(C)NC(C)c1c(C)nn(CC)c1C. The van der Waals surface area contributed by atoms with Gasteiger partial charge < -0.3 is 5.32 Å². The van der Waals surface area contributed by atoms with Gasteiger partial charge in [-0.15, -0.1) is 0 Å². The van der Waals surface area contributed by atoms with E-state index in [1.165, 1.54) is 30.5 Å². The molecule has 0 radical (unpaired) electrons. The Balaban J connectivity index is 2.71. The quantitative estimate of drug-likeness (QED) is 0.800. The van der Waals surface area contributed by atoms with Crippen LogP contribution in [0, 0.1) is 13.8 Å². The summed E-state index contributed by atoms with van der Waals surface area (Å²) < 4.78 is 2.10. The molecule has 0 spiro atoms. The molecule has 0 aliphatic rings. The molecular weight excluding hydrogens is 222 g/mol. The molecule has 1 aromatic heterocycles. The molecule has 0 aromatic carbocycles. The molecule has 18 heavy (non-hydrogen) atoms. The molecule has 0 bridgehead atoms. The van der Waals surface area contributed by atoms with Crippen LogP contribution < -0.4 is 5.32 Å². The lowest BCUT2D eigenvalue weighted by molar-refractivity contribution is 0.442. The fourth-order valence-corrected chi connectivity index (χ4v) is 2.75. The number of hydrogen-bond acceptors (Lipinski definition) is 2. The third-order valence-corrected chi connectivity index (χ3v) is 3.70. The van der Waals surface area contributed by atoms with Crippen molar-refractivity contribution in [1.29, 1.82) is 0 Å². The number of nitrogens with one attached hydrogen (secondary N) is 1. The zero-order valence-electron chi connectivity index (χ0n) is 12.9. The monoisotopic (exact) mass is 251 g/mol. The Labute approximate surface area is 112 Å². The molecule has 104 valence electrons. The van der Waals surface area contributed by atoms with Crippen LogP contribution in [0.1, 0.15) is 70.0 Å². The number of unbranched alkanes of at least 4 members (excludes halogenated alkanes) is 1.